The topological polar surface area (TPSA) is 114 Å². The maximum absolute atomic E-state index is 14.0. The van der Waals surface area contributed by atoms with Crippen LogP contribution in [0.15, 0.2) is 35.3 Å². The minimum Gasteiger partial charge on any atom is -0.497 e. The second-order valence-electron chi connectivity index (χ2n) is 8.86. The van der Waals surface area contributed by atoms with Crippen molar-refractivity contribution in [1.82, 2.24) is 29.7 Å². The summed E-state index contributed by atoms with van der Waals surface area (Å²) >= 11 is 0. The van der Waals surface area contributed by atoms with Crippen LogP contribution in [0.25, 0.3) is 33.2 Å². The first-order chi connectivity index (χ1) is 17.5. The molecule has 2 N–H and O–H groups in total. The monoisotopic (exact) mass is 490 g/mol. The van der Waals surface area contributed by atoms with Gasteiger partial charge >= 0.3 is 0 Å². The van der Waals surface area contributed by atoms with Gasteiger partial charge in [0, 0.05) is 55.4 Å². The lowest BCUT2D eigenvalue weighted by Gasteiger charge is -2.27. The number of benzene rings is 1. The standard InChI is InChI=1S/C26H30N6O4/c1-4-27-25(33)18-11-17(12-20(13-18)35-3)21-14-19-15-28-24-22(29-16(2)30-24)23(19)32(26(21)34)6-5-31-7-9-36-10-8-31/h11-15H,4-10H2,1-3H3,(H,27,33)(H,28,29,30). The van der Waals surface area contributed by atoms with E-state index in [1.165, 1.54) is 0 Å². The maximum atomic E-state index is 14.0. The molecule has 5 rings (SSSR count). The zero-order chi connectivity index (χ0) is 25.2. The van der Waals surface area contributed by atoms with Crippen LogP contribution in [0, 0.1) is 6.92 Å². The van der Waals surface area contributed by atoms with E-state index in [0.717, 1.165) is 35.3 Å². The number of carbonyl (C=O) groups excluding carboxylic acids is 1. The van der Waals surface area contributed by atoms with Crippen LogP contribution in [0.2, 0.25) is 0 Å². The number of hydrogen-bond acceptors (Lipinski definition) is 7. The second kappa shape index (κ2) is 10.1. The number of imidazole rings is 1. The lowest BCUT2D eigenvalue weighted by Crippen LogP contribution is -2.39. The summed E-state index contributed by atoms with van der Waals surface area (Å²) < 4.78 is 12.7. The van der Waals surface area contributed by atoms with Gasteiger partial charge in [0.1, 0.15) is 17.1 Å². The Bertz CT molecular complexity index is 1490. The summed E-state index contributed by atoms with van der Waals surface area (Å²) in [4.78, 5) is 41.2. The average Bonchev–Trinajstić information content (AvgIpc) is 3.28. The molecular weight excluding hydrogens is 460 g/mol. The molecule has 1 aromatic carbocycles. The van der Waals surface area contributed by atoms with Crippen LogP contribution in [0.5, 0.6) is 5.75 Å². The second-order valence-corrected chi connectivity index (χ2v) is 8.86. The summed E-state index contributed by atoms with van der Waals surface area (Å²) in [6, 6.07) is 7.02. The van der Waals surface area contributed by atoms with Crippen molar-refractivity contribution < 1.29 is 14.3 Å². The molecule has 10 nitrogen and oxygen atoms in total. The van der Waals surface area contributed by atoms with Crippen molar-refractivity contribution in [2.45, 2.75) is 20.4 Å². The highest BCUT2D eigenvalue weighted by atomic mass is 16.5. The molecular formula is C26H30N6O4. The molecule has 188 valence electrons. The number of aromatic nitrogens is 4. The quantitative estimate of drug-likeness (QED) is 0.409. The Morgan fingerprint density at radius 3 is 2.75 bits per heavy atom. The predicted molar refractivity (Wildman–Crippen MR) is 138 cm³/mol. The SMILES string of the molecule is CCNC(=O)c1cc(OC)cc(-c2cc3cnc4nc(C)[nH]c4c3n(CCN3CCOCC3)c2=O)c1. The van der Waals surface area contributed by atoms with Gasteiger partial charge in [-0.1, -0.05) is 0 Å². The van der Waals surface area contributed by atoms with Gasteiger partial charge in [-0.2, -0.15) is 0 Å². The van der Waals surface area contributed by atoms with E-state index >= 15 is 0 Å². The molecule has 1 fully saturated rings. The molecule has 0 aliphatic carbocycles. The number of aromatic amines is 1. The van der Waals surface area contributed by atoms with Gasteiger partial charge in [0.2, 0.25) is 0 Å². The molecule has 1 amide bonds. The third-order valence-corrected chi connectivity index (χ3v) is 6.48. The Balaban J connectivity index is 1.69. The number of morpholine rings is 1. The van der Waals surface area contributed by atoms with Crippen molar-refractivity contribution in [3.63, 3.8) is 0 Å². The summed E-state index contributed by atoms with van der Waals surface area (Å²) in [6.45, 7) is 8.48. The smallest absolute Gasteiger partial charge is 0.259 e. The lowest BCUT2D eigenvalue weighted by molar-refractivity contribution is 0.0364. The number of nitrogens with one attached hydrogen (secondary N) is 2. The number of methoxy groups -OCH3 is 1. The molecule has 4 aromatic rings. The highest BCUT2D eigenvalue weighted by Crippen LogP contribution is 2.28. The molecule has 0 spiro atoms. The van der Waals surface area contributed by atoms with Crippen molar-refractivity contribution in [2.24, 2.45) is 0 Å². The molecule has 10 heteroatoms. The molecule has 1 saturated heterocycles. The first kappa shape index (κ1) is 24.0. The van der Waals surface area contributed by atoms with Crippen molar-refractivity contribution in [1.29, 1.82) is 0 Å². The Labute approximate surface area is 208 Å². The fourth-order valence-electron chi connectivity index (χ4n) is 4.69. The van der Waals surface area contributed by atoms with Gasteiger partial charge in [-0.3, -0.25) is 14.5 Å². The highest BCUT2D eigenvalue weighted by molar-refractivity contribution is 6.01. The number of hydrogen-bond donors (Lipinski definition) is 2. The van der Waals surface area contributed by atoms with Gasteiger partial charge in [-0.05, 0) is 43.7 Å². The number of rotatable bonds is 7. The number of ether oxygens (including phenoxy) is 2. The molecule has 1 aliphatic heterocycles. The normalized spacial score (nSPS) is 14.4. The van der Waals surface area contributed by atoms with E-state index in [9.17, 15) is 9.59 Å². The minimum absolute atomic E-state index is 0.148. The summed E-state index contributed by atoms with van der Waals surface area (Å²) in [7, 11) is 1.54. The number of carbonyl (C=O) groups is 1. The van der Waals surface area contributed by atoms with Gasteiger partial charge < -0.3 is 24.3 Å². The lowest BCUT2D eigenvalue weighted by atomic mass is 10.0. The van der Waals surface area contributed by atoms with Gasteiger partial charge in [-0.25, -0.2) is 9.97 Å². The number of H-pyrrole nitrogens is 1. The van der Waals surface area contributed by atoms with Crippen LogP contribution in [-0.2, 0) is 11.3 Å². The molecule has 0 atom stereocenters. The Morgan fingerprint density at radius 1 is 1.19 bits per heavy atom. The molecule has 36 heavy (non-hydrogen) atoms. The van der Waals surface area contributed by atoms with Gasteiger partial charge in [0.05, 0.1) is 25.8 Å². The highest BCUT2D eigenvalue weighted by Gasteiger charge is 2.19. The zero-order valence-electron chi connectivity index (χ0n) is 20.8. The third kappa shape index (κ3) is 4.57. The van der Waals surface area contributed by atoms with Gasteiger partial charge in [0.25, 0.3) is 11.5 Å². The number of amides is 1. The summed E-state index contributed by atoms with van der Waals surface area (Å²) in [5, 5.41) is 3.62. The van der Waals surface area contributed by atoms with E-state index < -0.39 is 0 Å². The Kier molecular flexibility index (Phi) is 6.71. The summed E-state index contributed by atoms with van der Waals surface area (Å²) in [6.07, 6.45) is 1.75. The fraction of sp³-hybridized carbons (Fsp3) is 0.385. The first-order valence-corrected chi connectivity index (χ1v) is 12.1. The minimum atomic E-state index is -0.220. The average molecular weight is 491 g/mol. The first-order valence-electron chi connectivity index (χ1n) is 12.1. The molecule has 0 radical (unpaired) electrons. The number of aryl methyl sites for hydroxylation is 1. The van der Waals surface area contributed by atoms with Crippen LogP contribution < -0.4 is 15.6 Å². The van der Waals surface area contributed by atoms with Crippen LogP contribution in [-0.4, -0.2) is 76.8 Å². The van der Waals surface area contributed by atoms with Crippen LogP contribution in [0.1, 0.15) is 23.1 Å². The summed E-state index contributed by atoms with van der Waals surface area (Å²) in [5.41, 5.74) is 3.47. The van der Waals surface area contributed by atoms with Crippen LogP contribution in [0.4, 0.5) is 0 Å². The number of nitrogens with zero attached hydrogens (tertiary/aromatic N) is 4. The van der Waals surface area contributed by atoms with Crippen molar-refractivity contribution in [3.8, 4) is 16.9 Å². The number of pyridine rings is 2. The Hall–Kier alpha value is -3.76. The van der Waals surface area contributed by atoms with Crippen molar-refractivity contribution in [3.05, 3.63) is 52.2 Å². The molecule has 3 aromatic heterocycles. The van der Waals surface area contributed by atoms with Crippen molar-refractivity contribution >= 4 is 28.0 Å². The molecule has 0 saturated carbocycles. The van der Waals surface area contributed by atoms with Gasteiger partial charge in [0.15, 0.2) is 5.65 Å². The zero-order valence-corrected chi connectivity index (χ0v) is 20.8. The van der Waals surface area contributed by atoms with E-state index in [0.29, 0.717) is 60.9 Å². The molecule has 0 unspecified atom stereocenters. The maximum Gasteiger partial charge on any atom is 0.259 e. The molecule has 0 bridgehead atoms. The fourth-order valence-corrected chi connectivity index (χ4v) is 4.69. The van der Waals surface area contributed by atoms with E-state index in [4.69, 9.17) is 9.47 Å². The van der Waals surface area contributed by atoms with Crippen LogP contribution in [0.3, 0.4) is 0 Å². The van der Waals surface area contributed by atoms with E-state index in [1.54, 1.807) is 36.1 Å². The summed E-state index contributed by atoms with van der Waals surface area (Å²) in [5.74, 6) is 1.02. The van der Waals surface area contributed by atoms with E-state index in [1.807, 2.05) is 19.9 Å². The van der Waals surface area contributed by atoms with E-state index in [2.05, 4.69) is 25.2 Å². The van der Waals surface area contributed by atoms with Gasteiger partial charge in [-0.15, -0.1) is 0 Å². The molecule has 1 aliphatic rings. The molecule has 4 heterocycles. The predicted octanol–water partition coefficient (Wildman–Crippen LogP) is 2.34. The van der Waals surface area contributed by atoms with Crippen LogP contribution >= 0.6 is 0 Å². The third-order valence-electron chi connectivity index (χ3n) is 6.48. The Morgan fingerprint density at radius 2 is 2.00 bits per heavy atom. The largest absolute Gasteiger partial charge is 0.497 e. The van der Waals surface area contributed by atoms with Crippen molar-refractivity contribution in [2.75, 3.05) is 46.5 Å². The number of fused-ring (bicyclic) bond motifs is 3. The van der Waals surface area contributed by atoms with E-state index in [-0.39, 0.29) is 11.5 Å².